The SMILES string of the molecule is CCn1cc(CC(N)Cc2cccs2)cn1. The Kier molecular flexibility index (Phi) is 3.74. The third-order valence-electron chi connectivity index (χ3n) is 2.55. The van der Waals surface area contributed by atoms with Gasteiger partial charge in [0.15, 0.2) is 0 Å². The van der Waals surface area contributed by atoms with Crippen LogP contribution in [0.3, 0.4) is 0 Å². The van der Waals surface area contributed by atoms with Gasteiger partial charge in [-0.3, -0.25) is 4.68 Å². The summed E-state index contributed by atoms with van der Waals surface area (Å²) >= 11 is 1.77. The van der Waals surface area contributed by atoms with E-state index < -0.39 is 0 Å². The van der Waals surface area contributed by atoms with Gasteiger partial charge in [-0.05, 0) is 36.8 Å². The van der Waals surface area contributed by atoms with Crippen molar-refractivity contribution in [3.63, 3.8) is 0 Å². The van der Waals surface area contributed by atoms with Gasteiger partial charge in [-0.15, -0.1) is 11.3 Å². The van der Waals surface area contributed by atoms with Crippen LogP contribution in [0.4, 0.5) is 0 Å². The second kappa shape index (κ2) is 5.27. The third-order valence-corrected chi connectivity index (χ3v) is 3.45. The topological polar surface area (TPSA) is 43.8 Å². The zero-order chi connectivity index (χ0) is 11.4. The molecule has 3 nitrogen and oxygen atoms in total. The van der Waals surface area contributed by atoms with E-state index in [0.29, 0.717) is 0 Å². The molecule has 0 fully saturated rings. The lowest BCUT2D eigenvalue weighted by atomic mass is 10.1. The van der Waals surface area contributed by atoms with Gasteiger partial charge in [-0.1, -0.05) is 6.07 Å². The fourth-order valence-corrected chi connectivity index (χ4v) is 2.55. The summed E-state index contributed by atoms with van der Waals surface area (Å²) in [5.41, 5.74) is 7.34. The van der Waals surface area contributed by atoms with Gasteiger partial charge < -0.3 is 5.73 Å². The Morgan fingerprint density at radius 1 is 1.50 bits per heavy atom. The second-order valence-corrected chi connectivity index (χ2v) is 4.98. The number of rotatable bonds is 5. The molecule has 1 unspecified atom stereocenters. The number of aryl methyl sites for hydroxylation is 1. The molecule has 0 radical (unpaired) electrons. The van der Waals surface area contributed by atoms with Crippen molar-refractivity contribution in [2.75, 3.05) is 0 Å². The van der Waals surface area contributed by atoms with Crippen LogP contribution in [0.15, 0.2) is 29.9 Å². The summed E-state index contributed by atoms with van der Waals surface area (Å²) in [5, 5.41) is 6.34. The molecule has 4 heteroatoms. The maximum Gasteiger partial charge on any atom is 0.0522 e. The summed E-state index contributed by atoms with van der Waals surface area (Å²) in [4.78, 5) is 1.36. The molecule has 0 saturated carbocycles. The first-order valence-corrected chi connectivity index (χ1v) is 6.45. The zero-order valence-corrected chi connectivity index (χ0v) is 10.3. The molecule has 86 valence electrons. The fourth-order valence-electron chi connectivity index (χ4n) is 1.75. The lowest BCUT2D eigenvalue weighted by molar-refractivity contribution is 0.652. The maximum absolute atomic E-state index is 6.12. The average molecular weight is 235 g/mol. The summed E-state index contributed by atoms with van der Waals surface area (Å²) < 4.78 is 1.94. The van der Waals surface area contributed by atoms with Gasteiger partial charge in [0.1, 0.15) is 0 Å². The largest absolute Gasteiger partial charge is 0.327 e. The summed E-state index contributed by atoms with van der Waals surface area (Å²) in [6, 6.07) is 4.40. The molecule has 0 aliphatic heterocycles. The van der Waals surface area contributed by atoms with Crippen molar-refractivity contribution >= 4 is 11.3 Å². The molecule has 0 bridgehead atoms. The predicted molar refractivity (Wildman–Crippen MR) is 67.6 cm³/mol. The Labute approximate surface area is 99.9 Å². The van der Waals surface area contributed by atoms with Crippen LogP contribution in [-0.4, -0.2) is 15.8 Å². The highest BCUT2D eigenvalue weighted by Crippen LogP contribution is 2.12. The second-order valence-electron chi connectivity index (χ2n) is 3.95. The molecule has 2 heterocycles. The van der Waals surface area contributed by atoms with E-state index in [9.17, 15) is 0 Å². The summed E-state index contributed by atoms with van der Waals surface area (Å²) in [6.45, 7) is 3.00. The molecule has 0 aliphatic rings. The molecule has 1 atom stereocenters. The lowest BCUT2D eigenvalue weighted by Crippen LogP contribution is -2.24. The molecule has 0 aromatic carbocycles. The van der Waals surface area contributed by atoms with Crippen molar-refractivity contribution in [1.82, 2.24) is 9.78 Å². The number of thiophene rings is 1. The predicted octanol–water partition coefficient (Wildman–Crippen LogP) is 2.08. The van der Waals surface area contributed by atoms with E-state index in [1.807, 2.05) is 10.9 Å². The highest BCUT2D eigenvalue weighted by molar-refractivity contribution is 7.09. The molecular weight excluding hydrogens is 218 g/mol. The Morgan fingerprint density at radius 3 is 3.00 bits per heavy atom. The number of nitrogens with two attached hydrogens (primary N) is 1. The van der Waals surface area contributed by atoms with Gasteiger partial charge in [-0.2, -0.15) is 5.10 Å². The van der Waals surface area contributed by atoms with Gasteiger partial charge in [0, 0.05) is 23.7 Å². The van der Waals surface area contributed by atoms with Crippen molar-refractivity contribution in [1.29, 1.82) is 0 Å². The number of aromatic nitrogens is 2. The third kappa shape index (κ3) is 2.93. The molecule has 2 aromatic heterocycles. The van der Waals surface area contributed by atoms with Crippen molar-refractivity contribution in [2.45, 2.75) is 32.4 Å². The summed E-state index contributed by atoms with van der Waals surface area (Å²) in [7, 11) is 0. The van der Waals surface area contributed by atoms with Crippen LogP contribution in [-0.2, 0) is 19.4 Å². The number of nitrogens with zero attached hydrogens (tertiary/aromatic N) is 2. The van der Waals surface area contributed by atoms with Crippen LogP contribution in [0.25, 0.3) is 0 Å². The van der Waals surface area contributed by atoms with Crippen LogP contribution >= 0.6 is 11.3 Å². The van der Waals surface area contributed by atoms with Crippen LogP contribution < -0.4 is 5.73 Å². The molecule has 0 saturated heterocycles. The van der Waals surface area contributed by atoms with Crippen molar-refractivity contribution in [2.24, 2.45) is 5.73 Å². The lowest BCUT2D eigenvalue weighted by Gasteiger charge is -2.08. The maximum atomic E-state index is 6.12. The minimum absolute atomic E-state index is 0.188. The first-order chi connectivity index (χ1) is 7.78. The molecule has 0 spiro atoms. The van der Waals surface area contributed by atoms with Gasteiger partial charge in [-0.25, -0.2) is 0 Å². The Balaban J connectivity index is 1.89. The summed E-state index contributed by atoms with van der Waals surface area (Å²) in [6.07, 6.45) is 5.85. The molecule has 2 aromatic rings. The minimum Gasteiger partial charge on any atom is -0.327 e. The van der Waals surface area contributed by atoms with Gasteiger partial charge in [0.2, 0.25) is 0 Å². The normalized spacial score (nSPS) is 12.9. The standard InChI is InChI=1S/C12H17N3S/c1-2-15-9-10(8-14-15)6-11(13)7-12-4-3-5-16-12/h3-5,8-9,11H,2,6-7,13H2,1H3. The van der Waals surface area contributed by atoms with Crippen LogP contribution in [0.5, 0.6) is 0 Å². The van der Waals surface area contributed by atoms with E-state index in [1.54, 1.807) is 11.3 Å². The Morgan fingerprint density at radius 2 is 2.38 bits per heavy atom. The first kappa shape index (κ1) is 11.4. The monoisotopic (exact) mass is 235 g/mol. The Bertz CT molecular complexity index is 419. The van der Waals surface area contributed by atoms with E-state index in [1.165, 1.54) is 10.4 Å². The highest BCUT2D eigenvalue weighted by Gasteiger charge is 2.07. The molecule has 16 heavy (non-hydrogen) atoms. The Hall–Kier alpha value is -1.13. The van der Waals surface area contributed by atoms with Crippen molar-refractivity contribution in [3.8, 4) is 0 Å². The quantitative estimate of drug-likeness (QED) is 0.862. The van der Waals surface area contributed by atoms with E-state index in [4.69, 9.17) is 5.73 Å². The summed E-state index contributed by atoms with van der Waals surface area (Å²) in [5.74, 6) is 0. The minimum atomic E-state index is 0.188. The van der Waals surface area contributed by atoms with Crippen molar-refractivity contribution < 1.29 is 0 Å². The zero-order valence-electron chi connectivity index (χ0n) is 9.47. The molecule has 0 aliphatic carbocycles. The van der Waals surface area contributed by atoms with Gasteiger partial charge >= 0.3 is 0 Å². The molecule has 2 rings (SSSR count). The van der Waals surface area contributed by atoms with E-state index in [-0.39, 0.29) is 6.04 Å². The van der Waals surface area contributed by atoms with Gasteiger partial charge in [0.25, 0.3) is 0 Å². The highest BCUT2D eigenvalue weighted by atomic mass is 32.1. The molecule has 2 N–H and O–H groups in total. The fraction of sp³-hybridized carbons (Fsp3) is 0.417. The molecular formula is C12H17N3S. The smallest absolute Gasteiger partial charge is 0.0522 e. The molecule has 0 amide bonds. The van der Waals surface area contributed by atoms with Crippen molar-refractivity contribution in [3.05, 3.63) is 40.3 Å². The van der Waals surface area contributed by atoms with Crippen LogP contribution in [0, 0.1) is 0 Å². The average Bonchev–Trinajstić information content (AvgIpc) is 2.89. The number of hydrogen-bond donors (Lipinski definition) is 1. The van der Waals surface area contributed by atoms with E-state index in [0.717, 1.165) is 19.4 Å². The number of hydrogen-bond acceptors (Lipinski definition) is 3. The van der Waals surface area contributed by atoms with Gasteiger partial charge in [0.05, 0.1) is 6.20 Å². The van der Waals surface area contributed by atoms with E-state index >= 15 is 0 Å². The van der Waals surface area contributed by atoms with Crippen LogP contribution in [0.2, 0.25) is 0 Å². The first-order valence-electron chi connectivity index (χ1n) is 5.57. The van der Waals surface area contributed by atoms with Crippen LogP contribution in [0.1, 0.15) is 17.4 Å². The van der Waals surface area contributed by atoms with E-state index in [2.05, 4.69) is 35.7 Å².